The topological polar surface area (TPSA) is 55.1 Å². The van der Waals surface area contributed by atoms with E-state index >= 15 is 0 Å². The van der Waals surface area contributed by atoms with Gasteiger partial charge in [-0.2, -0.15) is 0 Å². The molecule has 0 bridgehead atoms. The summed E-state index contributed by atoms with van der Waals surface area (Å²) in [6.07, 6.45) is 4.54. The molecule has 1 heterocycles. The number of fused-ring (bicyclic) bond motifs is 1. The van der Waals surface area contributed by atoms with E-state index in [-0.39, 0.29) is 11.5 Å². The fraction of sp³-hybridized carbons (Fsp3) is 0.222. The fourth-order valence-electron chi connectivity index (χ4n) is 2.71. The number of imidazole rings is 1. The molecule has 1 aromatic heterocycles. The number of hydrogen-bond acceptors (Lipinski definition) is 3. The van der Waals surface area contributed by atoms with E-state index in [2.05, 4.69) is 4.98 Å². The lowest BCUT2D eigenvalue weighted by Crippen LogP contribution is -2.12. The Morgan fingerprint density at radius 3 is 2.73 bits per heavy atom. The van der Waals surface area contributed by atoms with Gasteiger partial charge in [0.25, 0.3) is 0 Å². The van der Waals surface area contributed by atoms with Crippen LogP contribution in [-0.4, -0.2) is 20.4 Å². The molecule has 4 nitrogen and oxygen atoms in total. The minimum Gasteiger partial charge on any atom is -0.505 e. The lowest BCUT2D eigenvalue weighted by atomic mass is 9.94. The quantitative estimate of drug-likeness (QED) is 0.884. The summed E-state index contributed by atoms with van der Waals surface area (Å²) in [4.78, 5) is 16.7. The van der Waals surface area contributed by atoms with Gasteiger partial charge in [0.2, 0.25) is 0 Å². The van der Waals surface area contributed by atoms with Gasteiger partial charge in [-0.25, -0.2) is 4.98 Å². The first-order valence-electron chi connectivity index (χ1n) is 7.30. The second-order valence-corrected chi connectivity index (χ2v) is 5.45. The summed E-state index contributed by atoms with van der Waals surface area (Å²) >= 11 is 0. The zero-order valence-corrected chi connectivity index (χ0v) is 12.7. The Morgan fingerprint density at radius 2 is 2.00 bits per heavy atom. The number of nitrogens with zero attached hydrogens (tertiary/aromatic N) is 2. The average Bonchev–Trinajstić information content (AvgIpc) is 2.83. The Hall–Kier alpha value is -2.62. The van der Waals surface area contributed by atoms with Crippen molar-refractivity contribution in [2.75, 3.05) is 0 Å². The van der Waals surface area contributed by atoms with Gasteiger partial charge in [-0.1, -0.05) is 36.4 Å². The van der Waals surface area contributed by atoms with Crippen molar-refractivity contribution in [2.45, 2.75) is 19.8 Å². The number of rotatable bonds is 3. The van der Waals surface area contributed by atoms with Crippen LogP contribution in [0.5, 0.6) is 0 Å². The molecular formula is C18H18N2O2. The molecule has 0 unspecified atom stereocenters. The van der Waals surface area contributed by atoms with Gasteiger partial charge < -0.3 is 9.67 Å². The first-order chi connectivity index (χ1) is 10.6. The van der Waals surface area contributed by atoms with Gasteiger partial charge in [0.1, 0.15) is 17.3 Å². The molecule has 3 rings (SSSR count). The fourth-order valence-corrected chi connectivity index (χ4v) is 2.71. The lowest BCUT2D eigenvalue weighted by molar-refractivity contribution is -0.111. The molecule has 0 atom stereocenters. The largest absolute Gasteiger partial charge is 0.505 e. The van der Waals surface area contributed by atoms with E-state index in [9.17, 15) is 9.90 Å². The minimum atomic E-state index is -0.157. The summed E-state index contributed by atoms with van der Waals surface area (Å²) in [6.45, 7) is 1.89. The molecule has 0 amide bonds. The zero-order chi connectivity index (χ0) is 15.7. The summed E-state index contributed by atoms with van der Waals surface area (Å²) in [5.74, 6) is 0.702. The van der Waals surface area contributed by atoms with Crippen LogP contribution in [0.1, 0.15) is 29.2 Å². The van der Waals surface area contributed by atoms with E-state index in [0.717, 1.165) is 23.5 Å². The summed E-state index contributed by atoms with van der Waals surface area (Å²) in [7, 11) is 1.93. The number of hydrogen-bond donors (Lipinski definition) is 1. The Morgan fingerprint density at radius 1 is 1.27 bits per heavy atom. The first-order valence-corrected chi connectivity index (χ1v) is 7.30. The highest BCUT2D eigenvalue weighted by Crippen LogP contribution is 2.30. The molecule has 0 saturated heterocycles. The van der Waals surface area contributed by atoms with Gasteiger partial charge in [-0.05, 0) is 31.4 Å². The van der Waals surface area contributed by atoms with E-state index in [4.69, 9.17) is 0 Å². The number of aliphatic hydroxyl groups is 1. The Balaban J connectivity index is 1.90. The highest BCUT2D eigenvalue weighted by atomic mass is 16.3. The SMILES string of the molecule is Cc1nc2c(n1C)CCC(C(=O)C=Cc1ccccc1)=C2O. The predicted octanol–water partition coefficient (Wildman–Crippen LogP) is 3.23. The molecule has 0 fully saturated rings. The Bertz CT molecular complexity index is 783. The molecule has 2 aromatic rings. The summed E-state index contributed by atoms with van der Waals surface area (Å²) in [6, 6.07) is 9.63. The molecule has 4 heteroatoms. The van der Waals surface area contributed by atoms with Crippen LogP contribution in [0.25, 0.3) is 11.8 Å². The third-order valence-corrected chi connectivity index (χ3v) is 4.08. The van der Waals surface area contributed by atoms with Crippen LogP contribution in [0.2, 0.25) is 0 Å². The highest BCUT2D eigenvalue weighted by molar-refractivity contribution is 6.10. The molecule has 0 aliphatic heterocycles. The average molecular weight is 294 g/mol. The number of carbonyl (C=O) groups excluding carboxylic acids is 1. The molecule has 1 N–H and O–H groups in total. The maximum atomic E-state index is 12.3. The Kier molecular flexibility index (Phi) is 3.67. The van der Waals surface area contributed by atoms with Crippen LogP contribution in [0.4, 0.5) is 0 Å². The van der Waals surface area contributed by atoms with Gasteiger partial charge in [-0.3, -0.25) is 4.79 Å². The number of benzene rings is 1. The molecule has 0 radical (unpaired) electrons. The van der Waals surface area contributed by atoms with Gasteiger partial charge in [0.15, 0.2) is 5.78 Å². The van der Waals surface area contributed by atoms with E-state index < -0.39 is 0 Å². The van der Waals surface area contributed by atoms with E-state index in [0.29, 0.717) is 17.7 Å². The zero-order valence-electron chi connectivity index (χ0n) is 12.7. The van der Waals surface area contributed by atoms with Crippen LogP contribution in [-0.2, 0) is 18.3 Å². The molecule has 1 aromatic carbocycles. The smallest absolute Gasteiger partial charge is 0.185 e. The molecule has 0 spiro atoms. The molecule has 1 aliphatic rings. The molecule has 0 saturated carbocycles. The number of allylic oxidation sites excluding steroid dienone is 2. The van der Waals surface area contributed by atoms with Crippen molar-refractivity contribution in [1.29, 1.82) is 0 Å². The molecule has 112 valence electrons. The number of ketones is 1. The van der Waals surface area contributed by atoms with E-state index in [1.54, 1.807) is 6.08 Å². The van der Waals surface area contributed by atoms with Gasteiger partial charge >= 0.3 is 0 Å². The van der Waals surface area contributed by atoms with E-state index in [1.807, 2.05) is 48.9 Å². The van der Waals surface area contributed by atoms with Crippen molar-refractivity contribution in [3.05, 3.63) is 64.8 Å². The normalized spacial score (nSPS) is 14.5. The van der Waals surface area contributed by atoms with Crippen LogP contribution in [0, 0.1) is 6.92 Å². The number of carbonyl (C=O) groups is 1. The monoisotopic (exact) mass is 294 g/mol. The van der Waals surface area contributed by atoms with Crippen molar-refractivity contribution >= 4 is 17.6 Å². The second-order valence-electron chi connectivity index (χ2n) is 5.45. The van der Waals surface area contributed by atoms with Crippen molar-refractivity contribution in [1.82, 2.24) is 9.55 Å². The molecule has 22 heavy (non-hydrogen) atoms. The summed E-state index contributed by atoms with van der Waals surface area (Å²) < 4.78 is 1.96. The van der Waals surface area contributed by atoms with Crippen molar-refractivity contribution in [3.8, 4) is 0 Å². The standard InChI is InChI=1S/C18H18N2O2/c1-12-19-17-15(20(12)2)10-9-14(18(17)22)16(21)11-8-13-6-4-3-5-7-13/h3-8,11,22H,9-10H2,1-2H3. The van der Waals surface area contributed by atoms with Crippen LogP contribution in [0.3, 0.4) is 0 Å². The van der Waals surface area contributed by atoms with Crippen LogP contribution < -0.4 is 0 Å². The lowest BCUT2D eigenvalue weighted by Gasteiger charge is -2.15. The minimum absolute atomic E-state index is 0.0210. The maximum Gasteiger partial charge on any atom is 0.185 e. The Labute approximate surface area is 129 Å². The van der Waals surface area contributed by atoms with Crippen molar-refractivity contribution in [2.24, 2.45) is 7.05 Å². The van der Waals surface area contributed by atoms with Gasteiger partial charge in [0, 0.05) is 18.3 Å². The van der Waals surface area contributed by atoms with Crippen LogP contribution in [0.15, 0.2) is 42.0 Å². The number of aliphatic hydroxyl groups excluding tert-OH is 1. The third kappa shape index (κ3) is 2.48. The third-order valence-electron chi connectivity index (χ3n) is 4.08. The highest BCUT2D eigenvalue weighted by Gasteiger charge is 2.26. The van der Waals surface area contributed by atoms with Crippen LogP contribution >= 0.6 is 0 Å². The first kappa shape index (κ1) is 14.3. The van der Waals surface area contributed by atoms with Crippen molar-refractivity contribution in [3.63, 3.8) is 0 Å². The second kappa shape index (κ2) is 5.64. The van der Waals surface area contributed by atoms with Crippen molar-refractivity contribution < 1.29 is 9.90 Å². The molecule has 1 aliphatic carbocycles. The van der Waals surface area contributed by atoms with E-state index in [1.165, 1.54) is 6.08 Å². The summed E-state index contributed by atoms with van der Waals surface area (Å²) in [5.41, 5.74) is 2.93. The number of aryl methyl sites for hydroxylation is 1. The van der Waals surface area contributed by atoms with Gasteiger partial charge in [-0.15, -0.1) is 0 Å². The summed E-state index contributed by atoms with van der Waals surface area (Å²) in [5, 5.41) is 10.4. The number of aromatic nitrogens is 2. The predicted molar refractivity (Wildman–Crippen MR) is 86.3 cm³/mol. The maximum absolute atomic E-state index is 12.3. The molecular weight excluding hydrogens is 276 g/mol. The van der Waals surface area contributed by atoms with Gasteiger partial charge in [0.05, 0.1) is 0 Å².